The van der Waals surface area contributed by atoms with Crippen LogP contribution in [0.3, 0.4) is 0 Å². The number of imidazole rings is 1. The number of amidine groups is 1. The smallest absolute Gasteiger partial charge is 0.433 e. The van der Waals surface area contributed by atoms with Gasteiger partial charge in [-0.3, -0.25) is 0 Å². The lowest BCUT2D eigenvalue weighted by Gasteiger charge is -2.32. The SMILES string of the molecule is CC1CCC(Cn2cnc3nc(/C(N)=N/C(=O)O)nc(N[C@H](C)C4CCC4)c32)CC1. The fourth-order valence-electron chi connectivity index (χ4n) is 4.55. The van der Waals surface area contributed by atoms with Crippen molar-refractivity contribution in [3.05, 3.63) is 12.2 Å². The highest BCUT2D eigenvalue weighted by Gasteiger charge is 2.26. The van der Waals surface area contributed by atoms with Crippen LogP contribution in [0.25, 0.3) is 11.2 Å². The van der Waals surface area contributed by atoms with Crippen LogP contribution in [0, 0.1) is 17.8 Å². The summed E-state index contributed by atoms with van der Waals surface area (Å²) in [6, 6.07) is 0.251. The predicted molar refractivity (Wildman–Crippen MR) is 116 cm³/mol. The van der Waals surface area contributed by atoms with Gasteiger partial charge in [-0.05, 0) is 50.4 Å². The molecule has 0 saturated heterocycles. The summed E-state index contributed by atoms with van der Waals surface area (Å²) in [4.78, 5) is 27.8. The predicted octanol–water partition coefficient (Wildman–Crippen LogP) is 3.64. The second kappa shape index (κ2) is 8.57. The van der Waals surface area contributed by atoms with E-state index in [1.807, 2.05) is 6.33 Å². The zero-order chi connectivity index (χ0) is 21.3. The van der Waals surface area contributed by atoms with Gasteiger partial charge in [-0.2, -0.15) is 4.99 Å². The number of nitrogens with two attached hydrogens (primary N) is 1. The highest BCUT2D eigenvalue weighted by Crippen LogP contribution is 2.33. The summed E-state index contributed by atoms with van der Waals surface area (Å²) in [7, 11) is 0. The van der Waals surface area contributed by atoms with Gasteiger partial charge in [-0.1, -0.05) is 26.2 Å². The third kappa shape index (κ3) is 4.39. The third-order valence-corrected chi connectivity index (χ3v) is 6.73. The van der Waals surface area contributed by atoms with Gasteiger partial charge in [0.05, 0.1) is 6.33 Å². The monoisotopic (exact) mass is 413 g/mol. The minimum Gasteiger partial charge on any atom is -0.463 e. The number of carbonyl (C=O) groups is 1. The molecule has 4 rings (SSSR count). The lowest BCUT2D eigenvalue weighted by Crippen LogP contribution is -2.32. The number of carboxylic acid groups (broad SMARTS) is 1. The Morgan fingerprint density at radius 3 is 2.67 bits per heavy atom. The minimum absolute atomic E-state index is 0.0879. The van der Waals surface area contributed by atoms with Crippen LogP contribution in [0.2, 0.25) is 0 Å². The van der Waals surface area contributed by atoms with Crippen molar-refractivity contribution in [2.24, 2.45) is 28.5 Å². The molecule has 2 aromatic rings. The van der Waals surface area contributed by atoms with E-state index in [2.05, 4.69) is 43.7 Å². The highest BCUT2D eigenvalue weighted by atomic mass is 16.4. The molecular weight excluding hydrogens is 382 g/mol. The first-order chi connectivity index (χ1) is 14.4. The molecular formula is C21H31N7O2. The second-order valence-corrected chi connectivity index (χ2v) is 8.99. The molecule has 2 saturated carbocycles. The van der Waals surface area contributed by atoms with Crippen LogP contribution in [-0.2, 0) is 6.54 Å². The van der Waals surface area contributed by atoms with E-state index in [9.17, 15) is 4.79 Å². The molecule has 4 N–H and O–H groups in total. The molecule has 9 nitrogen and oxygen atoms in total. The fraction of sp³-hybridized carbons (Fsp3) is 0.667. The number of hydrogen-bond acceptors (Lipinski definition) is 5. The molecule has 2 fully saturated rings. The number of amides is 1. The Morgan fingerprint density at radius 2 is 2.03 bits per heavy atom. The van der Waals surface area contributed by atoms with E-state index in [4.69, 9.17) is 10.8 Å². The van der Waals surface area contributed by atoms with Crippen LogP contribution in [0.15, 0.2) is 11.3 Å². The van der Waals surface area contributed by atoms with Crippen molar-refractivity contribution in [3.63, 3.8) is 0 Å². The van der Waals surface area contributed by atoms with Crippen LogP contribution in [-0.4, -0.2) is 42.6 Å². The van der Waals surface area contributed by atoms with Gasteiger partial charge in [-0.15, -0.1) is 0 Å². The topological polar surface area (TPSA) is 131 Å². The molecule has 2 aliphatic carbocycles. The summed E-state index contributed by atoms with van der Waals surface area (Å²) in [6.45, 7) is 5.37. The van der Waals surface area contributed by atoms with E-state index in [1.165, 1.54) is 44.9 Å². The molecule has 30 heavy (non-hydrogen) atoms. The molecule has 162 valence electrons. The second-order valence-electron chi connectivity index (χ2n) is 8.99. The average molecular weight is 414 g/mol. The maximum atomic E-state index is 10.9. The van der Waals surface area contributed by atoms with E-state index >= 15 is 0 Å². The van der Waals surface area contributed by atoms with Crippen molar-refractivity contribution in [3.8, 4) is 0 Å². The molecule has 2 aromatic heterocycles. The van der Waals surface area contributed by atoms with Crippen LogP contribution in [0.1, 0.15) is 64.6 Å². The quantitative estimate of drug-likeness (QED) is 0.486. The van der Waals surface area contributed by atoms with Gasteiger partial charge in [-0.25, -0.2) is 19.7 Å². The summed E-state index contributed by atoms with van der Waals surface area (Å²) in [5.41, 5.74) is 7.20. The minimum atomic E-state index is -1.37. The van der Waals surface area contributed by atoms with Gasteiger partial charge < -0.3 is 20.7 Å². The summed E-state index contributed by atoms with van der Waals surface area (Å²) in [5.74, 6) is 2.56. The maximum Gasteiger partial charge on any atom is 0.433 e. The number of anilines is 1. The van der Waals surface area contributed by atoms with Gasteiger partial charge in [0.2, 0.25) is 0 Å². The molecule has 0 unspecified atom stereocenters. The standard InChI is InChI=1S/C21H31N7O2/c1-12-6-8-14(9-7-12)10-28-11-23-18-16(28)19(24-13(2)15-4-3-5-15)27-20(26-18)17(22)25-21(29)30/h11-15H,3-10H2,1-2H3,(H2,22,25)(H,29,30)(H,24,26,27)/t12?,13-,14?/m1/s1. The average Bonchev–Trinajstić information content (AvgIpc) is 3.04. The van der Waals surface area contributed by atoms with Crippen LogP contribution < -0.4 is 11.1 Å². The summed E-state index contributed by atoms with van der Waals surface area (Å²) in [5, 5.41) is 12.5. The zero-order valence-electron chi connectivity index (χ0n) is 17.7. The molecule has 1 amide bonds. The first-order valence-corrected chi connectivity index (χ1v) is 11.0. The lowest BCUT2D eigenvalue weighted by atomic mass is 9.80. The number of rotatable bonds is 6. The van der Waals surface area contributed by atoms with Crippen molar-refractivity contribution < 1.29 is 9.90 Å². The van der Waals surface area contributed by atoms with Gasteiger partial charge >= 0.3 is 6.09 Å². The maximum absolute atomic E-state index is 10.9. The highest BCUT2D eigenvalue weighted by molar-refractivity contribution is 6.01. The zero-order valence-corrected chi connectivity index (χ0v) is 17.7. The largest absolute Gasteiger partial charge is 0.463 e. The Bertz CT molecular complexity index is 942. The first kappa shape index (κ1) is 20.6. The van der Waals surface area contributed by atoms with Gasteiger partial charge in [0.15, 0.2) is 23.1 Å². The summed E-state index contributed by atoms with van der Waals surface area (Å²) in [6.07, 6.45) is 9.09. The Kier molecular flexibility index (Phi) is 5.87. The summed E-state index contributed by atoms with van der Waals surface area (Å²) < 4.78 is 2.14. The summed E-state index contributed by atoms with van der Waals surface area (Å²) >= 11 is 0. The van der Waals surface area contributed by atoms with Gasteiger partial charge in [0.1, 0.15) is 5.52 Å². The molecule has 0 aromatic carbocycles. The van der Waals surface area contributed by atoms with Crippen molar-refractivity contribution in [2.45, 2.75) is 71.4 Å². The Morgan fingerprint density at radius 1 is 1.30 bits per heavy atom. The van der Waals surface area contributed by atoms with E-state index in [0.29, 0.717) is 23.3 Å². The number of hydrogen-bond donors (Lipinski definition) is 3. The fourth-order valence-corrected chi connectivity index (χ4v) is 4.55. The number of fused-ring (bicyclic) bond motifs is 1. The molecule has 9 heteroatoms. The lowest BCUT2D eigenvalue weighted by molar-refractivity contribution is 0.205. The molecule has 2 heterocycles. The molecule has 1 atom stereocenters. The Hall–Kier alpha value is -2.71. The molecule has 2 aliphatic rings. The van der Waals surface area contributed by atoms with Gasteiger partial charge in [0.25, 0.3) is 0 Å². The van der Waals surface area contributed by atoms with Crippen molar-refractivity contribution in [1.29, 1.82) is 0 Å². The Labute approximate surface area is 176 Å². The molecule has 0 bridgehead atoms. The Balaban J connectivity index is 1.68. The van der Waals surface area contributed by atoms with Crippen LogP contribution >= 0.6 is 0 Å². The van der Waals surface area contributed by atoms with Crippen LogP contribution in [0.5, 0.6) is 0 Å². The van der Waals surface area contributed by atoms with E-state index in [0.717, 1.165) is 18.0 Å². The molecule has 0 spiro atoms. The number of aliphatic imine (C=N–C) groups is 1. The van der Waals surface area contributed by atoms with Gasteiger partial charge in [0, 0.05) is 12.6 Å². The van der Waals surface area contributed by atoms with E-state index < -0.39 is 6.09 Å². The first-order valence-electron chi connectivity index (χ1n) is 11.0. The van der Waals surface area contributed by atoms with E-state index in [1.54, 1.807) is 0 Å². The van der Waals surface area contributed by atoms with Crippen molar-refractivity contribution in [1.82, 2.24) is 19.5 Å². The number of nitrogens with zero attached hydrogens (tertiary/aromatic N) is 5. The third-order valence-electron chi connectivity index (χ3n) is 6.73. The van der Waals surface area contributed by atoms with Crippen molar-refractivity contribution >= 4 is 28.9 Å². The molecule has 0 aliphatic heterocycles. The number of nitrogens with one attached hydrogen (secondary N) is 1. The molecule has 0 radical (unpaired) electrons. The van der Waals surface area contributed by atoms with Crippen molar-refractivity contribution in [2.75, 3.05) is 5.32 Å². The normalized spacial score (nSPS) is 23.9. The van der Waals surface area contributed by atoms with Crippen LogP contribution in [0.4, 0.5) is 10.6 Å². The number of aromatic nitrogens is 4. The van der Waals surface area contributed by atoms with E-state index in [-0.39, 0.29) is 17.7 Å².